The second-order valence-electron chi connectivity index (χ2n) is 10.6. The van der Waals surface area contributed by atoms with Gasteiger partial charge >= 0.3 is 0 Å². The lowest BCUT2D eigenvalue weighted by molar-refractivity contribution is -0.128. The highest BCUT2D eigenvalue weighted by Gasteiger charge is 2.27. The van der Waals surface area contributed by atoms with Crippen molar-refractivity contribution in [1.29, 1.82) is 0 Å². The SMILES string of the molecule is CCCCCCCC(C)CC(=O)C(C)(C)CCCCN(CCCCCCCN=O)NC(C)=O. The van der Waals surface area contributed by atoms with E-state index in [2.05, 4.69) is 38.3 Å². The maximum atomic E-state index is 12.9. The zero-order chi connectivity index (χ0) is 25.0. The fourth-order valence-corrected chi connectivity index (χ4v) is 4.26. The molecule has 0 aromatic rings. The van der Waals surface area contributed by atoms with Crippen LogP contribution in [-0.4, -0.2) is 36.3 Å². The molecule has 1 amide bonds. The molecule has 0 aliphatic rings. The Labute approximate surface area is 204 Å². The van der Waals surface area contributed by atoms with Crippen molar-refractivity contribution < 1.29 is 9.59 Å². The summed E-state index contributed by atoms with van der Waals surface area (Å²) in [6.07, 6.45) is 16.2. The van der Waals surface area contributed by atoms with Crippen molar-refractivity contribution in [2.45, 2.75) is 131 Å². The Balaban J connectivity index is 4.16. The van der Waals surface area contributed by atoms with Gasteiger partial charge in [0, 0.05) is 31.8 Å². The van der Waals surface area contributed by atoms with Gasteiger partial charge < -0.3 is 0 Å². The van der Waals surface area contributed by atoms with Crippen LogP contribution in [0.4, 0.5) is 0 Å². The molecule has 0 fully saturated rings. The Morgan fingerprint density at radius 2 is 1.45 bits per heavy atom. The molecule has 1 atom stereocenters. The van der Waals surface area contributed by atoms with Crippen LogP contribution in [0.1, 0.15) is 131 Å². The Kier molecular flexibility index (Phi) is 19.3. The molecule has 0 saturated heterocycles. The lowest BCUT2D eigenvalue weighted by atomic mass is 9.79. The first kappa shape index (κ1) is 31.7. The molecule has 33 heavy (non-hydrogen) atoms. The van der Waals surface area contributed by atoms with Crippen LogP contribution >= 0.6 is 0 Å². The van der Waals surface area contributed by atoms with Gasteiger partial charge in [0.05, 0.1) is 6.54 Å². The number of hydrogen-bond donors (Lipinski definition) is 1. The van der Waals surface area contributed by atoms with Crippen molar-refractivity contribution in [2.75, 3.05) is 19.6 Å². The number of hydrogen-bond acceptors (Lipinski definition) is 5. The third-order valence-corrected chi connectivity index (χ3v) is 6.56. The lowest BCUT2D eigenvalue weighted by Gasteiger charge is -2.26. The number of carbonyl (C=O) groups excluding carboxylic acids is 2. The number of ketones is 1. The number of rotatable bonds is 23. The number of unbranched alkanes of at least 4 members (excludes halogenated alkanes) is 9. The second kappa shape index (κ2) is 20.1. The number of nitrogens with zero attached hydrogens (tertiary/aromatic N) is 2. The summed E-state index contributed by atoms with van der Waals surface area (Å²) < 4.78 is 0. The molecule has 0 aliphatic heterocycles. The molecule has 0 radical (unpaired) electrons. The first-order valence-corrected chi connectivity index (χ1v) is 13.6. The van der Waals surface area contributed by atoms with Crippen LogP contribution in [0.5, 0.6) is 0 Å². The van der Waals surface area contributed by atoms with E-state index in [1.165, 1.54) is 32.1 Å². The zero-order valence-corrected chi connectivity index (χ0v) is 22.4. The van der Waals surface area contributed by atoms with Crippen LogP contribution in [0.2, 0.25) is 0 Å². The maximum Gasteiger partial charge on any atom is 0.231 e. The molecule has 0 aromatic carbocycles. The van der Waals surface area contributed by atoms with Gasteiger partial charge in [0.25, 0.3) is 0 Å². The van der Waals surface area contributed by atoms with E-state index >= 15 is 0 Å². The third-order valence-electron chi connectivity index (χ3n) is 6.56. The summed E-state index contributed by atoms with van der Waals surface area (Å²) in [6.45, 7) is 12.3. The van der Waals surface area contributed by atoms with E-state index in [0.717, 1.165) is 70.9 Å². The summed E-state index contributed by atoms with van der Waals surface area (Å²) in [4.78, 5) is 34.5. The Morgan fingerprint density at radius 1 is 0.879 bits per heavy atom. The summed E-state index contributed by atoms with van der Waals surface area (Å²) >= 11 is 0. The van der Waals surface area contributed by atoms with E-state index in [1.807, 2.05) is 5.01 Å². The number of hydrazine groups is 1. The smallest absolute Gasteiger partial charge is 0.231 e. The van der Waals surface area contributed by atoms with Gasteiger partial charge in [0.1, 0.15) is 5.78 Å². The molecule has 0 spiro atoms. The van der Waals surface area contributed by atoms with Crippen LogP contribution in [0.15, 0.2) is 5.18 Å². The molecule has 0 aliphatic carbocycles. The summed E-state index contributed by atoms with van der Waals surface area (Å²) in [5, 5.41) is 4.91. The van der Waals surface area contributed by atoms with E-state index in [0.29, 0.717) is 24.7 Å². The van der Waals surface area contributed by atoms with Gasteiger partial charge in [-0.2, -0.15) is 4.91 Å². The fourth-order valence-electron chi connectivity index (χ4n) is 4.26. The highest BCUT2D eigenvalue weighted by molar-refractivity contribution is 5.84. The van der Waals surface area contributed by atoms with Crippen molar-refractivity contribution >= 4 is 11.7 Å². The standard InChI is InChI=1S/C27H53N3O3/c1-6-7-8-10-13-18-24(2)23-26(32)27(4,5)19-14-17-22-30(29-25(3)31)21-16-12-9-11-15-20-28-33/h24H,6-23H2,1-5H3,(H,29,31). The largest absolute Gasteiger partial charge is 0.299 e. The molecule has 0 saturated carbocycles. The highest BCUT2D eigenvalue weighted by Crippen LogP contribution is 2.29. The van der Waals surface area contributed by atoms with Gasteiger partial charge in [-0.3, -0.25) is 15.0 Å². The number of carbonyl (C=O) groups is 2. The maximum absolute atomic E-state index is 12.9. The van der Waals surface area contributed by atoms with Crippen molar-refractivity contribution in [3.63, 3.8) is 0 Å². The van der Waals surface area contributed by atoms with Gasteiger partial charge in [-0.05, 0) is 31.6 Å². The predicted octanol–water partition coefficient (Wildman–Crippen LogP) is 7.21. The average Bonchev–Trinajstić information content (AvgIpc) is 2.75. The number of nitroso groups, excluding NO2 is 1. The molecule has 0 heterocycles. The van der Waals surface area contributed by atoms with Crippen molar-refractivity contribution in [3.8, 4) is 0 Å². The Hall–Kier alpha value is -1.30. The second-order valence-corrected chi connectivity index (χ2v) is 10.6. The summed E-state index contributed by atoms with van der Waals surface area (Å²) in [6, 6.07) is 0. The minimum absolute atomic E-state index is 0.0359. The van der Waals surface area contributed by atoms with E-state index in [4.69, 9.17) is 0 Å². The van der Waals surface area contributed by atoms with Crippen LogP contribution in [0.3, 0.4) is 0 Å². The molecule has 6 nitrogen and oxygen atoms in total. The van der Waals surface area contributed by atoms with E-state index in [9.17, 15) is 14.5 Å². The molecular formula is C27H53N3O3. The summed E-state index contributed by atoms with van der Waals surface area (Å²) in [7, 11) is 0. The lowest BCUT2D eigenvalue weighted by Crippen LogP contribution is -2.42. The van der Waals surface area contributed by atoms with Crippen LogP contribution in [-0.2, 0) is 9.59 Å². The summed E-state index contributed by atoms with van der Waals surface area (Å²) in [5.74, 6) is 0.835. The third kappa shape index (κ3) is 18.8. The Morgan fingerprint density at radius 3 is 2.09 bits per heavy atom. The van der Waals surface area contributed by atoms with Crippen LogP contribution in [0.25, 0.3) is 0 Å². The molecule has 1 N–H and O–H groups in total. The first-order valence-electron chi connectivity index (χ1n) is 13.6. The minimum Gasteiger partial charge on any atom is -0.299 e. The van der Waals surface area contributed by atoms with E-state index in [-0.39, 0.29) is 11.3 Å². The number of amides is 1. The molecule has 6 heteroatoms. The minimum atomic E-state index is -0.272. The molecular weight excluding hydrogens is 414 g/mol. The zero-order valence-electron chi connectivity index (χ0n) is 22.4. The average molecular weight is 468 g/mol. The molecule has 0 bridgehead atoms. The molecule has 1 unspecified atom stereocenters. The molecule has 194 valence electrons. The van der Waals surface area contributed by atoms with E-state index in [1.54, 1.807) is 6.92 Å². The number of Topliss-reactive ketones (excluding diaryl/α,β-unsaturated/α-hetero) is 1. The van der Waals surface area contributed by atoms with E-state index < -0.39 is 0 Å². The Bertz CT molecular complexity index is 523. The molecule has 0 rings (SSSR count). The van der Waals surface area contributed by atoms with Gasteiger partial charge in [0.15, 0.2) is 0 Å². The van der Waals surface area contributed by atoms with Crippen LogP contribution in [0, 0.1) is 16.2 Å². The van der Waals surface area contributed by atoms with Gasteiger partial charge in [-0.15, -0.1) is 0 Å². The first-order chi connectivity index (χ1) is 15.7. The van der Waals surface area contributed by atoms with Crippen LogP contribution < -0.4 is 5.43 Å². The predicted molar refractivity (Wildman–Crippen MR) is 139 cm³/mol. The van der Waals surface area contributed by atoms with Crippen molar-refractivity contribution in [3.05, 3.63) is 4.91 Å². The monoisotopic (exact) mass is 467 g/mol. The molecule has 0 aromatic heterocycles. The number of nitrogens with one attached hydrogen (secondary N) is 1. The fraction of sp³-hybridized carbons (Fsp3) is 0.926. The summed E-state index contributed by atoms with van der Waals surface area (Å²) in [5.41, 5.74) is 2.67. The van der Waals surface area contributed by atoms with Crippen molar-refractivity contribution in [2.24, 2.45) is 16.5 Å². The normalized spacial score (nSPS) is 12.7. The van der Waals surface area contributed by atoms with Gasteiger partial charge in [-0.25, -0.2) is 5.01 Å². The van der Waals surface area contributed by atoms with Gasteiger partial charge in [-0.1, -0.05) is 97.1 Å². The topological polar surface area (TPSA) is 78.8 Å². The van der Waals surface area contributed by atoms with Gasteiger partial charge in [0.2, 0.25) is 5.91 Å². The highest BCUT2D eigenvalue weighted by atomic mass is 16.3. The quantitative estimate of drug-likeness (QED) is 0.0978. The van der Waals surface area contributed by atoms with Crippen molar-refractivity contribution in [1.82, 2.24) is 10.4 Å².